The first-order valence-electron chi connectivity index (χ1n) is 5.84. The molecule has 1 aromatic rings. The minimum Gasteiger partial charge on any atom is -0.355 e. The van der Waals surface area contributed by atoms with Crippen LogP contribution in [-0.4, -0.2) is 48.1 Å². The first kappa shape index (κ1) is 11.8. The molecule has 1 atom stereocenters. The number of likely N-dealkylation sites (N-methyl/N-ethyl adjacent to an activating group) is 1. The molecular weight excluding hydrogens is 218 g/mol. The van der Waals surface area contributed by atoms with E-state index >= 15 is 0 Å². The molecule has 1 aliphatic rings. The zero-order valence-electron chi connectivity index (χ0n) is 9.89. The summed E-state index contributed by atoms with van der Waals surface area (Å²) in [6.45, 7) is 4.85. The molecule has 0 saturated carbocycles. The van der Waals surface area contributed by atoms with Crippen LogP contribution in [0.15, 0.2) is 18.6 Å². The van der Waals surface area contributed by atoms with Gasteiger partial charge >= 0.3 is 0 Å². The van der Waals surface area contributed by atoms with Crippen LogP contribution in [0.4, 0.5) is 5.82 Å². The molecule has 2 rings (SSSR count). The average Bonchev–Trinajstić information content (AvgIpc) is 2.40. The van der Waals surface area contributed by atoms with Gasteiger partial charge in [0.05, 0.1) is 0 Å². The summed E-state index contributed by atoms with van der Waals surface area (Å²) in [4.78, 5) is 22.1. The maximum Gasteiger partial charge on any atom is 0.244 e. The van der Waals surface area contributed by atoms with Crippen molar-refractivity contribution in [1.29, 1.82) is 0 Å². The highest BCUT2D eigenvalue weighted by molar-refractivity contribution is 5.85. The lowest BCUT2D eigenvalue weighted by Crippen LogP contribution is -2.58. The maximum absolute atomic E-state index is 11.9. The summed E-state index contributed by atoms with van der Waals surface area (Å²) >= 11 is 0. The van der Waals surface area contributed by atoms with Crippen LogP contribution in [0.5, 0.6) is 0 Å². The summed E-state index contributed by atoms with van der Waals surface area (Å²) in [7, 11) is 0. The summed E-state index contributed by atoms with van der Waals surface area (Å²) in [5.41, 5.74) is 0. The Morgan fingerprint density at radius 2 is 2.59 bits per heavy atom. The third kappa shape index (κ3) is 2.71. The summed E-state index contributed by atoms with van der Waals surface area (Å²) in [6.07, 6.45) is 3.20. The van der Waals surface area contributed by atoms with Gasteiger partial charge in [0, 0.05) is 32.4 Å². The van der Waals surface area contributed by atoms with Crippen LogP contribution in [0, 0.1) is 0 Å². The van der Waals surface area contributed by atoms with Gasteiger partial charge in [0.1, 0.15) is 18.2 Å². The molecule has 0 spiro atoms. The Kier molecular flexibility index (Phi) is 3.87. The predicted octanol–water partition coefficient (Wildman–Crippen LogP) is -0.609. The Labute approximate surface area is 100 Å². The molecule has 1 amide bonds. The third-order valence-electron chi connectivity index (χ3n) is 2.76. The molecule has 17 heavy (non-hydrogen) atoms. The van der Waals surface area contributed by atoms with Gasteiger partial charge in [-0.25, -0.2) is 9.97 Å². The van der Waals surface area contributed by atoms with E-state index in [0.29, 0.717) is 13.1 Å². The quantitative estimate of drug-likeness (QED) is 0.731. The SMILES string of the molecule is CCNC(=O)C1CNCCN1c1ccncn1. The number of hydrogen-bond donors (Lipinski definition) is 2. The molecular formula is C11H17N5O. The summed E-state index contributed by atoms with van der Waals surface area (Å²) < 4.78 is 0. The van der Waals surface area contributed by atoms with E-state index in [0.717, 1.165) is 18.9 Å². The van der Waals surface area contributed by atoms with E-state index in [-0.39, 0.29) is 11.9 Å². The van der Waals surface area contributed by atoms with Gasteiger partial charge in [-0.3, -0.25) is 4.79 Å². The Bertz CT molecular complexity index is 369. The molecule has 1 saturated heterocycles. The highest BCUT2D eigenvalue weighted by Crippen LogP contribution is 2.14. The van der Waals surface area contributed by atoms with Gasteiger partial charge in [-0.1, -0.05) is 0 Å². The number of nitrogens with zero attached hydrogens (tertiary/aromatic N) is 3. The standard InChI is InChI=1S/C11H17N5O/c1-2-14-11(17)9-7-12-5-6-16(9)10-3-4-13-8-15-10/h3-4,8-9,12H,2,5-7H2,1H3,(H,14,17). The third-order valence-corrected chi connectivity index (χ3v) is 2.76. The highest BCUT2D eigenvalue weighted by Gasteiger charge is 2.28. The van der Waals surface area contributed by atoms with Gasteiger partial charge in [0.15, 0.2) is 0 Å². The first-order valence-corrected chi connectivity index (χ1v) is 5.84. The lowest BCUT2D eigenvalue weighted by Gasteiger charge is -2.35. The molecule has 0 bridgehead atoms. The molecule has 0 aliphatic carbocycles. The first-order chi connectivity index (χ1) is 8.33. The fraction of sp³-hybridized carbons (Fsp3) is 0.545. The van der Waals surface area contributed by atoms with Crippen molar-refractivity contribution in [2.45, 2.75) is 13.0 Å². The van der Waals surface area contributed by atoms with Crippen molar-refractivity contribution in [3.8, 4) is 0 Å². The normalized spacial score (nSPS) is 20.1. The fourth-order valence-electron chi connectivity index (χ4n) is 1.96. The van der Waals surface area contributed by atoms with E-state index in [9.17, 15) is 4.79 Å². The predicted molar refractivity (Wildman–Crippen MR) is 64.7 cm³/mol. The van der Waals surface area contributed by atoms with Crippen LogP contribution >= 0.6 is 0 Å². The maximum atomic E-state index is 11.9. The summed E-state index contributed by atoms with van der Waals surface area (Å²) in [6, 6.07) is 1.64. The number of carbonyl (C=O) groups excluding carboxylic acids is 1. The topological polar surface area (TPSA) is 70.2 Å². The molecule has 0 aromatic carbocycles. The second kappa shape index (κ2) is 5.58. The number of hydrogen-bond acceptors (Lipinski definition) is 5. The monoisotopic (exact) mass is 235 g/mol. The number of carbonyl (C=O) groups is 1. The number of amides is 1. The highest BCUT2D eigenvalue weighted by atomic mass is 16.2. The van der Waals surface area contributed by atoms with Crippen molar-refractivity contribution in [2.75, 3.05) is 31.1 Å². The fourth-order valence-corrected chi connectivity index (χ4v) is 1.96. The van der Waals surface area contributed by atoms with Crippen LogP contribution in [0.1, 0.15) is 6.92 Å². The van der Waals surface area contributed by atoms with Crippen molar-refractivity contribution in [2.24, 2.45) is 0 Å². The number of aromatic nitrogens is 2. The van der Waals surface area contributed by atoms with E-state index in [2.05, 4.69) is 20.6 Å². The molecule has 0 radical (unpaired) electrons. The van der Waals surface area contributed by atoms with Gasteiger partial charge < -0.3 is 15.5 Å². The summed E-state index contributed by atoms with van der Waals surface area (Å²) in [5, 5.41) is 6.08. The van der Waals surface area contributed by atoms with Crippen molar-refractivity contribution < 1.29 is 4.79 Å². The van der Waals surface area contributed by atoms with Gasteiger partial charge in [-0.2, -0.15) is 0 Å². The molecule has 6 heteroatoms. The lowest BCUT2D eigenvalue weighted by molar-refractivity contribution is -0.122. The minimum atomic E-state index is -0.196. The van der Waals surface area contributed by atoms with Crippen molar-refractivity contribution in [1.82, 2.24) is 20.6 Å². The van der Waals surface area contributed by atoms with Gasteiger partial charge in [-0.05, 0) is 13.0 Å². The van der Waals surface area contributed by atoms with E-state index < -0.39 is 0 Å². The van der Waals surface area contributed by atoms with E-state index in [4.69, 9.17) is 0 Å². The van der Waals surface area contributed by atoms with E-state index in [1.165, 1.54) is 6.33 Å². The van der Waals surface area contributed by atoms with Crippen LogP contribution in [0.2, 0.25) is 0 Å². The Morgan fingerprint density at radius 3 is 3.29 bits per heavy atom. The Balaban J connectivity index is 2.15. The van der Waals surface area contributed by atoms with Crippen molar-refractivity contribution in [3.05, 3.63) is 18.6 Å². The molecule has 1 fully saturated rings. The number of anilines is 1. The molecule has 2 N–H and O–H groups in total. The van der Waals surface area contributed by atoms with Gasteiger partial charge in [-0.15, -0.1) is 0 Å². The summed E-state index contributed by atoms with van der Waals surface area (Å²) in [5.74, 6) is 0.844. The van der Waals surface area contributed by atoms with E-state index in [1.807, 2.05) is 17.9 Å². The van der Waals surface area contributed by atoms with Crippen LogP contribution in [0.25, 0.3) is 0 Å². The number of piperazine rings is 1. The second-order valence-corrected chi connectivity index (χ2v) is 3.88. The number of nitrogens with one attached hydrogen (secondary N) is 2. The minimum absolute atomic E-state index is 0.0401. The molecule has 6 nitrogen and oxygen atoms in total. The van der Waals surface area contributed by atoms with Crippen molar-refractivity contribution in [3.63, 3.8) is 0 Å². The largest absolute Gasteiger partial charge is 0.355 e. The zero-order valence-corrected chi connectivity index (χ0v) is 9.89. The number of rotatable bonds is 3. The van der Waals surface area contributed by atoms with Crippen LogP contribution in [-0.2, 0) is 4.79 Å². The molecule has 2 heterocycles. The van der Waals surface area contributed by atoms with Gasteiger partial charge in [0.2, 0.25) is 5.91 Å². The zero-order chi connectivity index (χ0) is 12.1. The smallest absolute Gasteiger partial charge is 0.244 e. The molecule has 1 unspecified atom stereocenters. The average molecular weight is 235 g/mol. The van der Waals surface area contributed by atoms with Crippen LogP contribution in [0.3, 0.4) is 0 Å². The van der Waals surface area contributed by atoms with E-state index in [1.54, 1.807) is 6.20 Å². The lowest BCUT2D eigenvalue weighted by atomic mass is 10.1. The second-order valence-electron chi connectivity index (χ2n) is 3.88. The Hall–Kier alpha value is -1.69. The van der Waals surface area contributed by atoms with Crippen LogP contribution < -0.4 is 15.5 Å². The van der Waals surface area contributed by atoms with Crippen molar-refractivity contribution >= 4 is 11.7 Å². The molecule has 1 aromatic heterocycles. The molecule has 92 valence electrons. The van der Waals surface area contributed by atoms with Gasteiger partial charge in [0.25, 0.3) is 0 Å². The Morgan fingerprint density at radius 1 is 1.71 bits per heavy atom. The molecule has 1 aliphatic heterocycles.